The third-order valence-corrected chi connectivity index (χ3v) is 2.69. The van der Waals surface area contributed by atoms with Gasteiger partial charge in [0, 0.05) is 11.4 Å². The van der Waals surface area contributed by atoms with Crippen LogP contribution in [0.25, 0.3) is 0 Å². The van der Waals surface area contributed by atoms with Gasteiger partial charge in [0.05, 0.1) is 0 Å². The molecule has 1 aromatic heterocycles. The number of aromatic nitrogens is 1. The fraction of sp³-hybridized carbons (Fsp3) is 0.556. The Kier molecular flexibility index (Phi) is 3.57. The Hall–Kier alpha value is -0.970. The molecular formula is C9H13FN2OS. The number of carbonyl (C=O) groups excluding carboxylic acids is 1. The predicted octanol–water partition coefficient (Wildman–Crippen LogP) is 2.06. The van der Waals surface area contributed by atoms with Crippen LogP contribution in [0, 0.1) is 11.2 Å². The maximum absolute atomic E-state index is 12.5. The molecule has 14 heavy (non-hydrogen) atoms. The van der Waals surface area contributed by atoms with E-state index in [0.717, 1.165) is 11.3 Å². The highest BCUT2D eigenvalue weighted by atomic mass is 32.1. The first kappa shape index (κ1) is 11.1. The summed E-state index contributed by atoms with van der Waals surface area (Å²) in [5.41, 5.74) is 0.153. The standard InChI is InChI=1S/C9H13FN2OS/c1-5(2)6(3)11-8(13)7-4-14-9(10)12-7/h4-6H,1-3H3,(H,11,13). The van der Waals surface area contributed by atoms with E-state index in [9.17, 15) is 9.18 Å². The van der Waals surface area contributed by atoms with Crippen molar-refractivity contribution in [2.24, 2.45) is 5.92 Å². The Morgan fingerprint density at radius 1 is 1.57 bits per heavy atom. The zero-order chi connectivity index (χ0) is 10.7. The third-order valence-electron chi connectivity index (χ3n) is 2.07. The van der Waals surface area contributed by atoms with Crippen molar-refractivity contribution in [1.29, 1.82) is 0 Å². The second-order valence-electron chi connectivity index (χ2n) is 3.49. The lowest BCUT2D eigenvalue weighted by Gasteiger charge is -2.16. The van der Waals surface area contributed by atoms with Crippen LogP contribution >= 0.6 is 11.3 Å². The van der Waals surface area contributed by atoms with Crippen molar-refractivity contribution in [3.8, 4) is 0 Å². The highest BCUT2D eigenvalue weighted by Crippen LogP contribution is 2.08. The molecule has 0 bridgehead atoms. The van der Waals surface area contributed by atoms with Crippen molar-refractivity contribution in [1.82, 2.24) is 10.3 Å². The molecule has 0 aliphatic heterocycles. The molecule has 0 radical (unpaired) electrons. The molecule has 3 nitrogen and oxygen atoms in total. The molecule has 1 unspecified atom stereocenters. The number of rotatable bonds is 3. The number of nitrogens with zero attached hydrogens (tertiary/aromatic N) is 1. The molecular weight excluding hydrogens is 203 g/mol. The lowest BCUT2D eigenvalue weighted by atomic mass is 10.1. The smallest absolute Gasteiger partial charge is 0.271 e. The van der Waals surface area contributed by atoms with E-state index in [1.165, 1.54) is 5.38 Å². The van der Waals surface area contributed by atoms with Crippen LogP contribution in [0.2, 0.25) is 0 Å². The number of hydrogen-bond acceptors (Lipinski definition) is 3. The minimum atomic E-state index is -0.577. The first-order chi connectivity index (χ1) is 6.50. The topological polar surface area (TPSA) is 42.0 Å². The van der Waals surface area contributed by atoms with Gasteiger partial charge in [-0.25, -0.2) is 4.98 Å². The number of halogens is 1. The van der Waals surface area contributed by atoms with Crippen LogP contribution in [0.4, 0.5) is 4.39 Å². The Morgan fingerprint density at radius 3 is 2.64 bits per heavy atom. The summed E-state index contributed by atoms with van der Waals surface area (Å²) < 4.78 is 12.5. The van der Waals surface area contributed by atoms with Gasteiger partial charge in [-0.05, 0) is 12.8 Å². The van der Waals surface area contributed by atoms with E-state index in [4.69, 9.17) is 0 Å². The SMILES string of the molecule is CC(C)C(C)NC(=O)c1csc(F)n1. The normalized spacial score (nSPS) is 12.9. The molecule has 0 spiro atoms. The van der Waals surface area contributed by atoms with Crippen LogP contribution in [0.1, 0.15) is 31.3 Å². The summed E-state index contributed by atoms with van der Waals surface area (Å²) in [6.07, 6.45) is 0. The van der Waals surface area contributed by atoms with E-state index in [0.29, 0.717) is 5.92 Å². The second-order valence-corrected chi connectivity index (χ2v) is 4.30. The summed E-state index contributed by atoms with van der Waals surface area (Å²) in [5, 5.41) is 3.59. The van der Waals surface area contributed by atoms with Gasteiger partial charge in [0.15, 0.2) is 0 Å². The summed E-state index contributed by atoms with van der Waals surface area (Å²) in [7, 11) is 0. The molecule has 0 aromatic carbocycles. The molecule has 0 aliphatic rings. The van der Waals surface area contributed by atoms with Crippen molar-refractivity contribution < 1.29 is 9.18 Å². The van der Waals surface area contributed by atoms with Gasteiger partial charge in [0.1, 0.15) is 5.69 Å². The number of thiazole rings is 1. The fourth-order valence-electron chi connectivity index (χ4n) is 0.804. The van der Waals surface area contributed by atoms with E-state index < -0.39 is 5.26 Å². The van der Waals surface area contributed by atoms with Gasteiger partial charge >= 0.3 is 0 Å². The Balaban J connectivity index is 2.59. The fourth-order valence-corrected chi connectivity index (χ4v) is 1.32. The largest absolute Gasteiger partial charge is 0.348 e. The van der Waals surface area contributed by atoms with Gasteiger partial charge in [-0.1, -0.05) is 25.2 Å². The Morgan fingerprint density at radius 2 is 2.21 bits per heavy atom. The van der Waals surface area contributed by atoms with E-state index in [1.54, 1.807) is 0 Å². The zero-order valence-corrected chi connectivity index (χ0v) is 9.19. The molecule has 1 rings (SSSR count). The van der Waals surface area contributed by atoms with E-state index in [-0.39, 0.29) is 17.6 Å². The molecule has 0 aliphatic carbocycles. The molecule has 1 aromatic rings. The van der Waals surface area contributed by atoms with Crippen LogP contribution in [-0.2, 0) is 0 Å². The summed E-state index contributed by atoms with van der Waals surface area (Å²) in [6.45, 7) is 5.92. The van der Waals surface area contributed by atoms with Crippen molar-refractivity contribution in [3.05, 3.63) is 16.3 Å². The predicted molar refractivity (Wildman–Crippen MR) is 53.8 cm³/mol. The maximum atomic E-state index is 12.5. The minimum absolute atomic E-state index is 0.0623. The number of nitrogens with one attached hydrogen (secondary N) is 1. The van der Waals surface area contributed by atoms with Crippen molar-refractivity contribution in [3.63, 3.8) is 0 Å². The summed E-state index contributed by atoms with van der Waals surface area (Å²) in [4.78, 5) is 14.9. The third kappa shape index (κ3) is 2.77. The van der Waals surface area contributed by atoms with Gasteiger partial charge in [0.2, 0.25) is 0 Å². The van der Waals surface area contributed by atoms with Gasteiger partial charge in [-0.2, -0.15) is 4.39 Å². The first-order valence-corrected chi connectivity index (χ1v) is 5.30. The van der Waals surface area contributed by atoms with E-state index in [2.05, 4.69) is 10.3 Å². The average molecular weight is 216 g/mol. The van der Waals surface area contributed by atoms with Gasteiger partial charge in [-0.3, -0.25) is 4.79 Å². The Labute approximate surface area is 86.4 Å². The summed E-state index contributed by atoms with van der Waals surface area (Å²) in [5.74, 6) is 0.0359. The molecule has 1 atom stereocenters. The highest BCUT2D eigenvalue weighted by Gasteiger charge is 2.14. The minimum Gasteiger partial charge on any atom is -0.348 e. The molecule has 78 valence electrons. The lowest BCUT2D eigenvalue weighted by molar-refractivity contribution is 0.0925. The second kappa shape index (κ2) is 4.50. The number of amides is 1. The van der Waals surface area contributed by atoms with E-state index in [1.807, 2.05) is 20.8 Å². The van der Waals surface area contributed by atoms with Crippen LogP contribution in [0.5, 0.6) is 0 Å². The zero-order valence-electron chi connectivity index (χ0n) is 8.37. The van der Waals surface area contributed by atoms with Gasteiger partial charge in [-0.15, -0.1) is 0 Å². The Bertz CT molecular complexity index is 324. The van der Waals surface area contributed by atoms with Gasteiger partial charge in [0.25, 0.3) is 11.2 Å². The number of hydrogen-bond donors (Lipinski definition) is 1. The summed E-state index contributed by atoms with van der Waals surface area (Å²) in [6, 6.07) is 0.0623. The van der Waals surface area contributed by atoms with Crippen LogP contribution in [0.15, 0.2) is 5.38 Å². The molecule has 0 fully saturated rings. The highest BCUT2D eigenvalue weighted by molar-refractivity contribution is 7.08. The van der Waals surface area contributed by atoms with Gasteiger partial charge < -0.3 is 5.32 Å². The van der Waals surface area contributed by atoms with Crippen LogP contribution in [-0.4, -0.2) is 16.9 Å². The molecule has 1 heterocycles. The monoisotopic (exact) mass is 216 g/mol. The average Bonchev–Trinajstić information content (AvgIpc) is 2.51. The molecule has 1 amide bonds. The number of carbonyl (C=O) groups is 1. The van der Waals surface area contributed by atoms with Crippen molar-refractivity contribution in [2.45, 2.75) is 26.8 Å². The maximum Gasteiger partial charge on any atom is 0.271 e. The van der Waals surface area contributed by atoms with E-state index >= 15 is 0 Å². The van der Waals surface area contributed by atoms with Crippen molar-refractivity contribution in [2.75, 3.05) is 0 Å². The summed E-state index contributed by atoms with van der Waals surface area (Å²) >= 11 is 0.830. The van der Waals surface area contributed by atoms with Crippen molar-refractivity contribution >= 4 is 17.2 Å². The van der Waals surface area contributed by atoms with Crippen LogP contribution in [0.3, 0.4) is 0 Å². The van der Waals surface area contributed by atoms with Crippen LogP contribution < -0.4 is 5.32 Å². The molecule has 0 saturated carbocycles. The lowest BCUT2D eigenvalue weighted by Crippen LogP contribution is -2.36. The molecule has 1 N–H and O–H groups in total. The first-order valence-electron chi connectivity index (χ1n) is 4.42. The quantitative estimate of drug-likeness (QED) is 0.840. The molecule has 0 saturated heterocycles. The molecule has 5 heteroatoms.